The summed E-state index contributed by atoms with van der Waals surface area (Å²) in [6, 6.07) is 9.20. The number of nitrogen functional groups attached to an aromatic ring is 1. The molecule has 0 spiro atoms. The lowest BCUT2D eigenvalue weighted by Gasteiger charge is -2.55. The van der Waals surface area contributed by atoms with Crippen LogP contribution in [0, 0.1) is 23.2 Å². The van der Waals surface area contributed by atoms with E-state index in [9.17, 15) is 19.2 Å². The predicted octanol–water partition coefficient (Wildman–Crippen LogP) is 2.28. The molecule has 0 saturated heterocycles. The molecule has 4 aliphatic carbocycles. The molecule has 4 fully saturated rings. The maximum atomic E-state index is 13.2. The first-order chi connectivity index (χ1) is 16.8. The van der Waals surface area contributed by atoms with Gasteiger partial charge in [-0.2, -0.15) is 0 Å². The lowest BCUT2D eigenvalue weighted by molar-refractivity contribution is -0.172. The largest absolute Gasteiger partial charge is 0.455 e. The second-order valence-corrected chi connectivity index (χ2v) is 10.5. The summed E-state index contributed by atoms with van der Waals surface area (Å²) in [5, 5.41) is 0. The number of aromatic nitrogens is 2. The summed E-state index contributed by atoms with van der Waals surface area (Å²) in [6.45, 7) is 1.50. The standard InChI is InChI=1S/C26H32N4O5/c1-2-29(21-22(27)30(25(34)28-23(21)32)14-16-6-4-3-5-7-16)20(31)15-35-24(33)26-11-17-8-18(12-26)10-19(9-17)13-26/h3-7,17-19H,2,8-15,27H2,1H3,(H,28,32,34). The fraction of sp³-hybridized carbons (Fsp3) is 0.538. The topological polar surface area (TPSA) is 127 Å². The van der Waals surface area contributed by atoms with Crippen LogP contribution in [-0.4, -0.2) is 34.6 Å². The average Bonchev–Trinajstić information content (AvgIpc) is 2.82. The number of likely N-dealkylation sites (N-methyl/N-ethyl adjacent to an activating group) is 1. The summed E-state index contributed by atoms with van der Waals surface area (Å²) in [4.78, 5) is 54.9. The highest BCUT2D eigenvalue weighted by Gasteiger charge is 2.55. The van der Waals surface area contributed by atoms with Gasteiger partial charge in [-0.1, -0.05) is 30.3 Å². The van der Waals surface area contributed by atoms with E-state index in [1.807, 2.05) is 30.3 Å². The number of nitrogens with two attached hydrogens (primary N) is 1. The van der Waals surface area contributed by atoms with Crippen LogP contribution in [0.25, 0.3) is 0 Å². The zero-order valence-electron chi connectivity index (χ0n) is 20.0. The van der Waals surface area contributed by atoms with Crippen molar-refractivity contribution in [2.24, 2.45) is 23.2 Å². The molecule has 3 N–H and O–H groups in total. The molecule has 4 aliphatic rings. The van der Waals surface area contributed by atoms with Crippen molar-refractivity contribution >= 4 is 23.4 Å². The Morgan fingerprint density at radius 2 is 1.69 bits per heavy atom. The number of esters is 1. The van der Waals surface area contributed by atoms with E-state index in [2.05, 4.69) is 4.98 Å². The highest BCUT2D eigenvalue weighted by Crippen LogP contribution is 2.60. The van der Waals surface area contributed by atoms with E-state index >= 15 is 0 Å². The molecular weight excluding hydrogens is 448 g/mol. The first-order valence-corrected chi connectivity index (χ1v) is 12.4. The van der Waals surface area contributed by atoms with Gasteiger partial charge >= 0.3 is 11.7 Å². The molecule has 1 amide bonds. The van der Waals surface area contributed by atoms with E-state index in [1.165, 1.54) is 28.7 Å². The van der Waals surface area contributed by atoms with Crippen molar-refractivity contribution in [3.05, 3.63) is 56.7 Å². The van der Waals surface area contributed by atoms with Crippen LogP contribution in [0.3, 0.4) is 0 Å². The molecule has 0 radical (unpaired) electrons. The highest BCUT2D eigenvalue weighted by atomic mass is 16.5. The Bertz CT molecular complexity index is 1210. The summed E-state index contributed by atoms with van der Waals surface area (Å²) in [5.41, 5.74) is 5.08. The van der Waals surface area contributed by atoms with Crippen LogP contribution in [0.1, 0.15) is 51.0 Å². The molecule has 9 heteroatoms. The van der Waals surface area contributed by atoms with Gasteiger partial charge in [-0.15, -0.1) is 0 Å². The monoisotopic (exact) mass is 480 g/mol. The van der Waals surface area contributed by atoms with E-state index < -0.39 is 29.2 Å². The Balaban J connectivity index is 1.33. The zero-order chi connectivity index (χ0) is 24.7. The van der Waals surface area contributed by atoms with Crippen LogP contribution in [0.15, 0.2) is 39.9 Å². The Labute approximate surface area is 203 Å². The molecule has 0 atom stereocenters. The number of hydrogen-bond acceptors (Lipinski definition) is 6. The third-order valence-corrected chi connectivity index (χ3v) is 8.08. The van der Waals surface area contributed by atoms with Gasteiger partial charge in [-0.25, -0.2) is 4.79 Å². The van der Waals surface area contributed by atoms with Gasteiger partial charge in [0.15, 0.2) is 12.3 Å². The molecule has 6 rings (SSSR count). The molecule has 4 saturated carbocycles. The van der Waals surface area contributed by atoms with E-state index in [1.54, 1.807) is 6.92 Å². The van der Waals surface area contributed by atoms with Crippen molar-refractivity contribution < 1.29 is 14.3 Å². The number of carbonyl (C=O) groups excluding carboxylic acids is 2. The van der Waals surface area contributed by atoms with Gasteiger partial charge in [0.05, 0.1) is 12.0 Å². The maximum absolute atomic E-state index is 13.2. The van der Waals surface area contributed by atoms with E-state index in [-0.39, 0.29) is 30.6 Å². The number of amides is 1. The van der Waals surface area contributed by atoms with Gasteiger partial charge < -0.3 is 15.4 Å². The summed E-state index contributed by atoms with van der Waals surface area (Å²) < 4.78 is 6.80. The first-order valence-electron chi connectivity index (χ1n) is 12.4. The van der Waals surface area contributed by atoms with E-state index in [0.29, 0.717) is 17.8 Å². The molecule has 1 aromatic heterocycles. The Hall–Kier alpha value is -3.36. The molecular formula is C26H32N4O5. The van der Waals surface area contributed by atoms with Gasteiger partial charge in [0.1, 0.15) is 5.82 Å². The molecule has 0 unspecified atom stereocenters. The van der Waals surface area contributed by atoms with Gasteiger partial charge in [0.2, 0.25) is 0 Å². The zero-order valence-corrected chi connectivity index (χ0v) is 20.0. The van der Waals surface area contributed by atoms with Crippen molar-refractivity contribution in [1.82, 2.24) is 9.55 Å². The van der Waals surface area contributed by atoms with E-state index in [4.69, 9.17) is 10.5 Å². The summed E-state index contributed by atoms with van der Waals surface area (Å²) in [7, 11) is 0. The van der Waals surface area contributed by atoms with Gasteiger partial charge in [-0.3, -0.25) is 23.9 Å². The van der Waals surface area contributed by atoms with Crippen LogP contribution in [0.4, 0.5) is 11.5 Å². The normalized spacial score (nSPS) is 26.5. The molecule has 2 aromatic rings. The van der Waals surface area contributed by atoms with Crippen LogP contribution >= 0.6 is 0 Å². The van der Waals surface area contributed by atoms with Crippen molar-refractivity contribution in [1.29, 1.82) is 0 Å². The van der Waals surface area contributed by atoms with Crippen molar-refractivity contribution in [3.63, 3.8) is 0 Å². The lowest BCUT2D eigenvalue weighted by Crippen LogP contribution is -2.51. The van der Waals surface area contributed by atoms with Crippen molar-refractivity contribution in [2.45, 2.75) is 52.0 Å². The molecule has 4 bridgehead atoms. The molecule has 186 valence electrons. The summed E-state index contributed by atoms with van der Waals surface area (Å²) >= 11 is 0. The van der Waals surface area contributed by atoms with Crippen LogP contribution in [-0.2, 0) is 20.9 Å². The second kappa shape index (κ2) is 9.02. The minimum absolute atomic E-state index is 0.106. The Kier molecular flexibility index (Phi) is 6.02. The molecule has 1 aromatic carbocycles. The minimum Gasteiger partial charge on any atom is -0.455 e. The SMILES string of the molecule is CCN(C(=O)COC(=O)C12CC3CC(CC(C3)C1)C2)c1c(N)n(Cc2ccccc2)c(=O)[nH]c1=O. The number of nitrogens with zero attached hydrogens (tertiary/aromatic N) is 2. The number of hydrogen-bond donors (Lipinski definition) is 2. The van der Waals surface area contributed by atoms with Crippen LogP contribution in [0.5, 0.6) is 0 Å². The number of ether oxygens (including phenoxy) is 1. The van der Waals surface area contributed by atoms with Gasteiger partial charge in [0.25, 0.3) is 11.5 Å². The third kappa shape index (κ3) is 4.28. The fourth-order valence-corrected chi connectivity index (χ4v) is 6.94. The second-order valence-electron chi connectivity index (χ2n) is 10.5. The van der Waals surface area contributed by atoms with Crippen molar-refractivity contribution in [3.8, 4) is 0 Å². The number of benzene rings is 1. The molecule has 9 nitrogen and oxygen atoms in total. The van der Waals surface area contributed by atoms with Crippen LogP contribution in [0.2, 0.25) is 0 Å². The number of anilines is 2. The molecule has 0 aliphatic heterocycles. The number of H-pyrrole nitrogens is 1. The van der Waals surface area contributed by atoms with Crippen molar-refractivity contribution in [2.75, 3.05) is 23.8 Å². The number of carbonyl (C=O) groups is 2. The molecule has 35 heavy (non-hydrogen) atoms. The molecule has 1 heterocycles. The highest BCUT2D eigenvalue weighted by molar-refractivity contribution is 5.97. The Morgan fingerprint density at radius 1 is 1.09 bits per heavy atom. The summed E-state index contributed by atoms with van der Waals surface area (Å²) in [6.07, 6.45) is 6.16. The third-order valence-electron chi connectivity index (χ3n) is 8.08. The smallest absolute Gasteiger partial charge is 0.330 e. The Morgan fingerprint density at radius 3 is 2.26 bits per heavy atom. The van der Waals surface area contributed by atoms with Gasteiger partial charge in [-0.05, 0) is 68.8 Å². The lowest BCUT2D eigenvalue weighted by atomic mass is 9.49. The number of rotatable bonds is 7. The average molecular weight is 481 g/mol. The van der Waals surface area contributed by atoms with E-state index in [0.717, 1.165) is 24.8 Å². The minimum atomic E-state index is -0.751. The quantitative estimate of drug-likeness (QED) is 0.585. The van der Waals surface area contributed by atoms with Gasteiger partial charge in [0, 0.05) is 6.54 Å². The maximum Gasteiger partial charge on any atom is 0.330 e. The first kappa shape index (κ1) is 23.4. The summed E-state index contributed by atoms with van der Waals surface area (Å²) in [5.74, 6) is 0.803. The predicted molar refractivity (Wildman–Crippen MR) is 131 cm³/mol. The van der Waals surface area contributed by atoms with Crippen LogP contribution < -0.4 is 21.9 Å². The number of aromatic amines is 1. The number of nitrogens with one attached hydrogen (secondary N) is 1. The fourth-order valence-electron chi connectivity index (χ4n) is 6.94.